The van der Waals surface area contributed by atoms with Crippen LogP contribution in [-0.2, 0) is 9.59 Å². The Bertz CT molecular complexity index is 578. The minimum absolute atomic E-state index is 0.0393. The minimum Gasteiger partial charge on any atom is -0.494 e. The molecule has 1 fully saturated rings. The molecule has 0 radical (unpaired) electrons. The molecule has 1 aromatic rings. The van der Waals surface area contributed by atoms with Gasteiger partial charge in [-0.15, -0.1) is 0 Å². The first-order chi connectivity index (χ1) is 9.96. The van der Waals surface area contributed by atoms with Crippen LogP contribution in [0.1, 0.15) is 13.3 Å². The van der Waals surface area contributed by atoms with Crippen LogP contribution >= 0.6 is 11.8 Å². The lowest BCUT2D eigenvalue weighted by atomic mass is 10.2. The van der Waals surface area contributed by atoms with Crippen LogP contribution in [-0.4, -0.2) is 37.0 Å². The monoisotopic (exact) mass is 313 g/mol. The number of carbonyl (C=O) groups is 2. The normalized spacial score (nSPS) is 18.0. The lowest BCUT2D eigenvalue weighted by molar-refractivity contribution is -0.117. The first-order valence-corrected chi connectivity index (χ1v) is 7.23. The van der Waals surface area contributed by atoms with Crippen LogP contribution < -0.4 is 14.4 Å². The van der Waals surface area contributed by atoms with Crippen LogP contribution in [0, 0.1) is 5.82 Å². The summed E-state index contributed by atoms with van der Waals surface area (Å²) in [5.41, 5.74) is 0.354. The van der Waals surface area contributed by atoms with Crippen LogP contribution in [0.25, 0.3) is 0 Å². The fourth-order valence-corrected chi connectivity index (χ4v) is 3.20. The van der Waals surface area contributed by atoms with Gasteiger partial charge >= 0.3 is 0 Å². The summed E-state index contributed by atoms with van der Waals surface area (Å²) in [6.45, 7) is 1.82. The molecule has 1 unspecified atom stereocenters. The maximum atomic E-state index is 13.9. The number of carbonyl (C=O) groups excluding carboxylic acids is 2. The second kappa shape index (κ2) is 6.34. The van der Waals surface area contributed by atoms with Crippen molar-refractivity contribution in [2.24, 2.45) is 0 Å². The highest BCUT2D eigenvalue weighted by Gasteiger charge is 2.34. The summed E-state index contributed by atoms with van der Waals surface area (Å²) in [6, 6.07) is 2.62. The van der Waals surface area contributed by atoms with Crippen molar-refractivity contribution in [3.05, 3.63) is 17.9 Å². The first-order valence-electron chi connectivity index (χ1n) is 6.35. The van der Waals surface area contributed by atoms with Crippen LogP contribution in [0.4, 0.5) is 10.1 Å². The molecule has 1 atom stereocenters. The zero-order valence-corrected chi connectivity index (χ0v) is 12.8. The Hall–Kier alpha value is -1.76. The maximum absolute atomic E-state index is 13.9. The van der Waals surface area contributed by atoms with Crippen molar-refractivity contribution in [3.8, 4) is 11.5 Å². The Kier molecular flexibility index (Phi) is 4.72. The number of thioether (sulfide) groups is 1. The summed E-state index contributed by atoms with van der Waals surface area (Å²) in [5.74, 6) is -0.313. The lowest BCUT2D eigenvalue weighted by Gasteiger charge is -2.20. The number of halogens is 1. The van der Waals surface area contributed by atoms with Crippen LogP contribution in [0.2, 0.25) is 0 Å². The summed E-state index contributed by atoms with van der Waals surface area (Å²) < 4.78 is 24.0. The van der Waals surface area contributed by atoms with Crippen LogP contribution in [0.15, 0.2) is 12.1 Å². The van der Waals surface area contributed by atoms with E-state index < -0.39 is 5.82 Å². The van der Waals surface area contributed by atoms with E-state index >= 15 is 0 Å². The van der Waals surface area contributed by atoms with Gasteiger partial charge < -0.3 is 14.4 Å². The van der Waals surface area contributed by atoms with Crippen molar-refractivity contribution in [2.45, 2.75) is 18.6 Å². The number of hydrogen-bond acceptors (Lipinski definition) is 5. The van der Waals surface area contributed by atoms with Gasteiger partial charge in [-0.25, -0.2) is 4.39 Å². The van der Waals surface area contributed by atoms with E-state index in [1.54, 1.807) is 0 Å². The molecule has 1 aliphatic heterocycles. The molecule has 1 heterocycles. The number of methoxy groups -OCH3 is 2. The summed E-state index contributed by atoms with van der Waals surface area (Å²) >= 11 is 1.13. The average Bonchev–Trinajstić information content (AvgIpc) is 2.78. The highest BCUT2D eigenvalue weighted by atomic mass is 32.2. The van der Waals surface area contributed by atoms with Gasteiger partial charge in [-0.1, -0.05) is 11.8 Å². The third-order valence-electron chi connectivity index (χ3n) is 3.17. The van der Waals surface area contributed by atoms with E-state index in [2.05, 4.69) is 0 Å². The largest absolute Gasteiger partial charge is 0.494 e. The van der Waals surface area contributed by atoms with Crippen molar-refractivity contribution >= 4 is 28.5 Å². The van der Waals surface area contributed by atoms with Crippen molar-refractivity contribution in [1.29, 1.82) is 0 Å². The molecule has 2 rings (SSSR count). The van der Waals surface area contributed by atoms with E-state index in [1.165, 1.54) is 38.2 Å². The van der Waals surface area contributed by atoms with Gasteiger partial charge in [0.05, 0.1) is 19.9 Å². The molecule has 114 valence electrons. The number of rotatable bonds is 4. The summed E-state index contributed by atoms with van der Waals surface area (Å²) in [4.78, 5) is 24.7. The molecule has 7 heteroatoms. The van der Waals surface area contributed by atoms with Gasteiger partial charge in [0.25, 0.3) is 0 Å². The van der Waals surface area contributed by atoms with Gasteiger partial charge in [0.2, 0.25) is 5.91 Å². The Balaban J connectivity index is 2.31. The summed E-state index contributed by atoms with van der Waals surface area (Å²) in [5, 5.41) is -0.160. The Morgan fingerprint density at radius 2 is 2.00 bits per heavy atom. The second-order valence-electron chi connectivity index (χ2n) is 4.60. The van der Waals surface area contributed by atoms with Gasteiger partial charge in [0.1, 0.15) is 5.75 Å². The molecular weight excluding hydrogens is 297 g/mol. The molecule has 1 saturated heterocycles. The molecular formula is C14H16FNO4S. The van der Waals surface area contributed by atoms with Crippen molar-refractivity contribution in [2.75, 3.05) is 25.7 Å². The predicted octanol–water partition coefficient (Wildman–Crippen LogP) is 2.23. The fraction of sp³-hybridized carbons (Fsp3) is 0.429. The number of ether oxygens (including phenoxy) is 2. The second-order valence-corrected chi connectivity index (χ2v) is 6.08. The van der Waals surface area contributed by atoms with Crippen LogP contribution in [0.3, 0.4) is 0 Å². The van der Waals surface area contributed by atoms with Gasteiger partial charge in [0, 0.05) is 37.3 Å². The van der Waals surface area contributed by atoms with Gasteiger partial charge in [-0.3, -0.25) is 9.59 Å². The molecule has 1 aromatic carbocycles. The lowest BCUT2D eigenvalue weighted by Crippen LogP contribution is -2.25. The molecule has 0 N–H and O–H groups in total. The van der Waals surface area contributed by atoms with E-state index in [-0.39, 0.29) is 28.4 Å². The van der Waals surface area contributed by atoms with Gasteiger partial charge in [0.15, 0.2) is 16.7 Å². The topological polar surface area (TPSA) is 55.8 Å². The van der Waals surface area contributed by atoms with E-state index in [1.807, 2.05) is 0 Å². The molecule has 0 saturated carbocycles. The predicted molar refractivity (Wildman–Crippen MR) is 78.5 cm³/mol. The highest BCUT2D eigenvalue weighted by molar-refractivity contribution is 8.14. The molecule has 1 aliphatic rings. The number of nitrogens with zero attached hydrogens (tertiary/aromatic N) is 1. The van der Waals surface area contributed by atoms with Gasteiger partial charge in [-0.2, -0.15) is 0 Å². The molecule has 0 spiro atoms. The maximum Gasteiger partial charge on any atom is 0.228 e. The number of hydrogen-bond donors (Lipinski definition) is 0. The quantitative estimate of drug-likeness (QED) is 0.853. The molecule has 0 bridgehead atoms. The number of anilines is 1. The molecule has 5 nitrogen and oxygen atoms in total. The Labute approximate surface area is 126 Å². The van der Waals surface area contributed by atoms with E-state index in [0.717, 1.165) is 11.8 Å². The highest BCUT2D eigenvalue weighted by Crippen LogP contribution is 2.38. The average molecular weight is 313 g/mol. The fourth-order valence-electron chi connectivity index (χ4n) is 2.28. The van der Waals surface area contributed by atoms with E-state index in [9.17, 15) is 14.0 Å². The smallest absolute Gasteiger partial charge is 0.228 e. The molecule has 1 amide bonds. The van der Waals surface area contributed by atoms with Crippen molar-refractivity contribution < 1.29 is 23.5 Å². The van der Waals surface area contributed by atoms with Crippen LogP contribution in [0.5, 0.6) is 11.5 Å². The first kappa shape index (κ1) is 15.6. The Morgan fingerprint density at radius 3 is 2.57 bits per heavy atom. The Morgan fingerprint density at radius 1 is 1.33 bits per heavy atom. The molecule has 21 heavy (non-hydrogen) atoms. The third kappa shape index (κ3) is 3.29. The zero-order chi connectivity index (χ0) is 15.6. The van der Waals surface area contributed by atoms with Crippen molar-refractivity contribution in [3.63, 3.8) is 0 Å². The molecule has 0 aromatic heterocycles. The zero-order valence-electron chi connectivity index (χ0n) is 12.0. The summed E-state index contributed by atoms with van der Waals surface area (Å²) in [7, 11) is 2.80. The van der Waals surface area contributed by atoms with Crippen molar-refractivity contribution in [1.82, 2.24) is 0 Å². The SMILES string of the molecule is COc1cc(OC)c(N2CC(SC(C)=O)CC2=O)cc1F. The van der Waals surface area contributed by atoms with E-state index in [0.29, 0.717) is 18.0 Å². The summed E-state index contributed by atoms with van der Waals surface area (Å²) in [6.07, 6.45) is 0.251. The number of amides is 1. The standard InChI is InChI=1S/C14H16FNO4S/c1-8(17)21-9-4-14(18)16(7-9)11-5-10(15)12(19-2)6-13(11)20-3/h5-6,9H,4,7H2,1-3H3. The van der Waals surface area contributed by atoms with E-state index in [4.69, 9.17) is 9.47 Å². The van der Waals surface area contributed by atoms with Gasteiger partial charge in [-0.05, 0) is 0 Å². The number of benzene rings is 1. The third-order valence-corrected chi connectivity index (χ3v) is 4.15. The molecule has 0 aliphatic carbocycles. The minimum atomic E-state index is -0.566.